The molecular weight excluding hydrogens is 204 g/mol. The van der Waals surface area contributed by atoms with Crippen LogP contribution >= 0.6 is 0 Å². The zero-order valence-corrected chi connectivity index (χ0v) is 8.43. The summed E-state index contributed by atoms with van der Waals surface area (Å²) < 4.78 is 36.1. The summed E-state index contributed by atoms with van der Waals surface area (Å²) in [6.07, 6.45) is 0.547. The number of hydrogen-bond donors (Lipinski definition) is 1. The van der Waals surface area contributed by atoms with E-state index in [4.69, 9.17) is 15.2 Å². The van der Waals surface area contributed by atoms with Gasteiger partial charge in [-0.1, -0.05) is 0 Å². The molecule has 5 heteroatoms. The van der Waals surface area contributed by atoms with E-state index in [0.29, 0.717) is 13.0 Å². The lowest BCUT2D eigenvalue weighted by Gasteiger charge is -2.09. The Kier molecular flexibility index (Phi) is 4.30. The van der Waals surface area contributed by atoms with Gasteiger partial charge in [0.25, 0.3) is 0 Å². The van der Waals surface area contributed by atoms with E-state index in [1.165, 1.54) is 7.11 Å². The van der Waals surface area contributed by atoms with Crippen molar-refractivity contribution in [3.05, 3.63) is 23.8 Å². The van der Waals surface area contributed by atoms with Gasteiger partial charge in [0, 0.05) is 12.1 Å². The molecule has 0 aliphatic carbocycles. The zero-order valence-electron chi connectivity index (χ0n) is 8.43. The molecule has 0 atom stereocenters. The van der Waals surface area contributed by atoms with Gasteiger partial charge in [0.15, 0.2) is 17.4 Å². The molecule has 1 rings (SSSR count). The van der Waals surface area contributed by atoms with Crippen LogP contribution in [0.3, 0.4) is 0 Å². The van der Waals surface area contributed by atoms with Crippen molar-refractivity contribution in [2.45, 2.75) is 6.42 Å². The molecule has 0 heterocycles. The summed E-state index contributed by atoms with van der Waals surface area (Å²) in [4.78, 5) is 0. The Morgan fingerprint density at radius 3 is 2.33 bits per heavy atom. The Bertz CT molecular complexity index is 308. The first kappa shape index (κ1) is 11.7. The van der Waals surface area contributed by atoms with Crippen molar-refractivity contribution in [1.29, 1.82) is 0 Å². The smallest absolute Gasteiger partial charge is 0.190 e. The van der Waals surface area contributed by atoms with E-state index in [0.717, 1.165) is 12.1 Å². The molecule has 0 amide bonds. The maximum absolute atomic E-state index is 13.2. The first-order chi connectivity index (χ1) is 7.19. The lowest BCUT2D eigenvalue weighted by Crippen LogP contribution is -2.08. The van der Waals surface area contributed by atoms with Gasteiger partial charge in [-0.15, -0.1) is 0 Å². The van der Waals surface area contributed by atoms with Gasteiger partial charge in [-0.25, -0.2) is 8.78 Å². The number of benzene rings is 1. The third-order valence-electron chi connectivity index (χ3n) is 1.80. The average Bonchev–Trinajstić information content (AvgIpc) is 2.22. The normalized spacial score (nSPS) is 10.1. The lowest BCUT2D eigenvalue weighted by molar-refractivity contribution is 0.279. The zero-order chi connectivity index (χ0) is 11.3. The molecule has 0 fully saturated rings. The van der Waals surface area contributed by atoms with Crippen LogP contribution in [0, 0.1) is 11.6 Å². The van der Waals surface area contributed by atoms with Gasteiger partial charge in [0.1, 0.15) is 5.75 Å². The Morgan fingerprint density at radius 1 is 1.27 bits per heavy atom. The summed E-state index contributed by atoms with van der Waals surface area (Å²) in [5, 5.41) is 0. The van der Waals surface area contributed by atoms with Crippen LogP contribution in [0.2, 0.25) is 0 Å². The highest BCUT2D eigenvalue weighted by molar-refractivity contribution is 5.34. The van der Waals surface area contributed by atoms with Crippen molar-refractivity contribution in [3.8, 4) is 11.5 Å². The number of nitrogens with two attached hydrogens (primary N) is 1. The molecular formula is C10H13F2NO2. The molecule has 0 saturated carbocycles. The topological polar surface area (TPSA) is 44.5 Å². The van der Waals surface area contributed by atoms with Gasteiger partial charge in [-0.3, -0.25) is 0 Å². The third kappa shape index (κ3) is 3.06. The molecule has 0 aromatic heterocycles. The maximum atomic E-state index is 13.2. The molecule has 0 saturated heterocycles. The summed E-state index contributed by atoms with van der Waals surface area (Å²) in [7, 11) is 1.34. The molecule has 1 aromatic carbocycles. The van der Waals surface area contributed by atoms with Crippen LogP contribution in [0.1, 0.15) is 6.42 Å². The predicted octanol–water partition coefficient (Wildman–Crippen LogP) is 1.70. The molecule has 3 nitrogen and oxygen atoms in total. The molecule has 15 heavy (non-hydrogen) atoms. The fourth-order valence-electron chi connectivity index (χ4n) is 1.05. The monoisotopic (exact) mass is 217 g/mol. The van der Waals surface area contributed by atoms with Crippen LogP contribution in [0.4, 0.5) is 8.78 Å². The summed E-state index contributed by atoms with van der Waals surface area (Å²) in [5.41, 5.74) is 5.23. The Labute approximate surface area is 86.8 Å². The van der Waals surface area contributed by atoms with E-state index >= 15 is 0 Å². The fourth-order valence-corrected chi connectivity index (χ4v) is 1.05. The number of hydrogen-bond acceptors (Lipinski definition) is 3. The van der Waals surface area contributed by atoms with E-state index < -0.39 is 11.6 Å². The van der Waals surface area contributed by atoms with Crippen molar-refractivity contribution >= 4 is 0 Å². The van der Waals surface area contributed by atoms with Gasteiger partial charge in [-0.05, 0) is 13.0 Å². The van der Waals surface area contributed by atoms with Crippen molar-refractivity contribution in [1.82, 2.24) is 0 Å². The van der Waals surface area contributed by atoms with Crippen molar-refractivity contribution in [3.63, 3.8) is 0 Å². The van der Waals surface area contributed by atoms with Crippen LogP contribution in [0.25, 0.3) is 0 Å². The van der Waals surface area contributed by atoms with Crippen molar-refractivity contribution in [2.24, 2.45) is 5.73 Å². The van der Waals surface area contributed by atoms with Crippen LogP contribution in [0.5, 0.6) is 11.5 Å². The van der Waals surface area contributed by atoms with Crippen molar-refractivity contribution < 1.29 is 18.3 Å². The van der Waals surface area contributed by atoms with E-state index in [2.05, 4.69) is 0 Å². The molecule has 0 radical (unpaired) electrons. The number of rotatable bonds is 5. The van der Waals surface area contributed by atoms with E-state index in [-0.39, 0.29) is 18.1 Å². The maximum Gasteiger partial charge on any atom is 0.190 e. The highest BCUT2D eigenvalue weighted by Crippen LogP contribution is 2.26. The van der Waals surface area contributed by atoms with Crippen LogP contribution in [-0.2, 0) is 0 Å². The van der Waals surface area contributed by atoms with E-state index in [1.807, 2.05) is 0 Å². The highest BCUT2D eigenvalue weighted by Gasteiger charge is 2.12. The Balaban J connectivity index is 2.79. The van der Waals surface area contributed by atoms with Crippen LogP contribution in [-0.4, -0.2) is 20.3 Å². The lowest BCUT2D eigenvalue weighted by atomic mass is 10.3. The second kappa shape index (κ2) is 5.50. The van der Waals surface area contributed by atoms with Crippen LogP contribution < -0.4 is 15.2 Å². The second-order valence-corrected chi connectivity index (χ2v) is 2.91. The average molecular weight is 217 g/mol. The van der Waals surface area contributed by atoms with Gasteiger partial charge in [0.05, 0.1) is 13.7 Å². The Hall–Kier alpha value is -1.36. The molecule has 84 valence electrons. The van der Waals surface area contributed by atoms with Gasteiger partial charge in [0.2, 0.25) is 0 Å². The molecule has 0 spiro atoms. The molecule has 2 N–H and O–H groups in total. The minimum atomic E-state index is -0.774. The molecule has 0 aliphatic rings. The highest BCUT2D eigenvalue weighted by atomic mass is 19.1. The second-order valence-electron chi connectivity index (χ2n) is 2.91. The summed E-state index contributed by atoms with van der Waals surface area (Å²) >= 11 is 0. The standard InChI is InChI=1S/C10H13F2NO2/c1-14-7-5-8(11)10(9(12)6-7)15-4-2-3-13/h5-6H,2-4,13H2,1H3. The quantitative estimate of drug-likeness (QED) is 0.763. The van der Waals surface area contributed by atoms with Gasteiger partial charge in [-0.2, -0.15) is 0 Å². The van der Waals surface area contributed by atoms with Gasteiger partial charge >= 0.3 is 0 Å². The van der Waals surface area contributed by atoms with Gasteiger partial charge < -0.3 is 15.2 Å². The van der Waals surface area contributed by atoms with E-state index in [1.54, 1.807) is 0 Å². The van der Waals surface area contributed by atoms with E-state index in [9.17, 15) is 8.78 Å². The molecule has 0 bridgehead atoms. The number of halogens is 2. The minimum Gasteiger partial charge on any atom is -0.497 e. The summed E-state index contributed by atoms with van der Waals surface area (Å²) in [6.45, 7) is 0.607. The van der Waals surface area contributed by atoms with Crippen molar-refractivity contribution in [2.75, 3.05) is 20.3 Å². The minimum absolute atomic E-state index is 0.121. The SMILES string of the molecule is COc1cc(F)c(OCCCN)c(F)c1. The molecule has 0 unspecified atom stereocenters. The summed E-state index contributed by atoms with van der Waals surface area (Å²) in [5.74, 6) is -1.81. The Morgan fingerprint density at radius 2 is 1.87 bits per heavy atom. The third-order valence-corrected chi connectivity index (χ3v) is 1.80. The number of ether oxygens (including phenoxy) is 2. The number of methoxy groups -OCH3 is 1. The first-order valence-corrected chi connectivity index (χ1v) is 4.55. The largest absolute Gasteiger partial charge is 0.497 e. The fraction of sp³-hybridized carbons (Fsp3) is 0.400. The van der Waals surface area contributed by atoms with Crippen LogP contribution in [0.15, 0.2) is 12.1 Å². The molecule has 0 aliphatic heterocycles. The first-order valence-electron chi connectivity index (χ1n) is 4.55. The molecule has 1 aromatic rings. The summed E-state index contributed by atoms with van der Waals surface area (Å²) in [6, 6.07) is 2.14. The predicted molar refractivity (Wildman–Crippen MR) is 52.1 cm³/mol.